The molecule has 0 aliphatic rings. The van der Waals surface area contributed by atoms with Gasteiger partial charge in [-0.1, -0.05) is 117 Å². The Labute approximate surface area is 321 Å². The summed E-state index contributed by atoms with van der Waals surface area (Å²) in [6.45, 7) is 22.7. The highest BCUT2D eigenvalue weighted by Crippen LogP contribution is 2.33. The fourth-order valence-corrected chi connectivity index (χ4v) is 6.30. The summed E-state index contributed by atoms with van der Waals surface area (Å²) < 4.78 is 40.1. The van der Waals surface area contributed by atoms with Gasteiger partial charge in [-0.25, -0.2) is 18.5 Å². The van der Waals surface area contributed by atoms with Crippen molar-refractivity contribution in [2.24, 2.45) is 0 Å². The molecule has 262 valence electrons. The number of ether oxygens (including phenoxy) is 2. The van der Waals surface area contributed by atoms with E-state index in [0.29, 0.717) is 17.7 Å². The predicted octanol–water partition coefficient (Wildman–Crippen LogP) is 14.0. The molecule has 0 amide bonds. The molecule has 6 aromatic rings. The Kier molecular flexibility index (Phi) is 14.7. The van der Waals surface area contributed by atoms with Crippen LogP contribution in [0.5, 0.6) is 11.5 Å². The Morgan fingerprint density at radius 3 is 1.35 bits per heavy atom. The van der Waals surface area contributed by atoms with Crippen molar-refractivity contribution in [3.63, 3.8) is 0 Å². The first-order valence-corrected chi connectivity index (χ1v) is 17.8. The molecule has 0 unspecified atom stereocenters. The van der Waals surface area contributed by atoms with E-state index in [4.69, 9.17) is 22.6 Å². The molecular weight excluding hydrogens is 786 g/mol. The summed E-state index contributed by atoms with van der Waals surface area (Å²) >= 11 is 6.57. The average molecular weight is 823 g/mol. The minimum absolute atomic E-state index is 0.0417. The second-order valence-corrected chi connectivity index (χ2v) is 13.7. The van der Waals surface area contributed by atoms with Crippen LogP contribution in [0, 0.1) is 52.5 Å². The first-order chi connectivity index (χ1) is 25.0. The van der Waals surface area contributed by atoms with Gasteiger partial charge in [-0.3, -0.25) is 0 Å². The molecule has 4 nitrogen and oxygen atoms in total. The van der Waals surface area contributed by atoms with Crippen LogP contribution < -0.4 is 9.47 Å². The van der Waals surface area contributed by atoms with Crippen LogP contribution in [-0.4, -0.2) is 0 Å². The molecule has 0 saturated heterocycles. The molecule has 0 fully saturated rings. The van der Waals surface area contributed by atoms with Crippen LogP contribution in [0.1, 0.15) is 33.4 Å². The number of aryl methyl sites for hydroxylation is 4. The predicted molar refractivity (Wildman–Crippen MR) is 213 cm³/mol. The van der Waals surface area contributed by atoms with Gasteiger partial charge < -0.3 is 9.47 Å². The molecule has 0 saturated carbocycles. The van der Waals surface area contributed by atoms with Crippen molar-refractivity contribution in [3.8, 4) is 22.6 Å². The van der Waals surface area contributed by atoms with Crippen molar-refractivity contribution in [2.45, 2.75) is 40.9 Å². The van der Waals surface area contributed by atoms with Gasteiger partial charge in [0.25, 0.3) is 0 Å². The standard InChI is InChI=1S/C22H18FNO.C15H15BrO.C7H3BrFN/c1-15-11-19(18-9-10-21(24-3)20(23)13-18)12-16(2)22(15)25-14-17-7-5-4-6-8-17;1-11-8-14(16)9-12(2)15(11)17-10-13-6-4-3-5-7-13;1-10-7-3-2-5(8)4-6(7)9/h4-13H,14H2,1-2H3;3-9H,10H2,1-2H3;2-4H. The second-order valence-electron chi connectivity index (χ2n) is 11.8. The second kappa shape index (κ2) is 19.4. The molecule has 0 aliphatic heterocycles. The SMILES string of the molecule is Cc1cc(Br)cc(C)c1OCc1ccccc1.[C-]#[N+]c1ccc(-c2cc(C)c(OCc3ccccc3)c(C)c2)cc1F.[C-]#[N+]c1ccc(Br)cc1F. The van der Waals surface area contributed by atoms with Gasteiger partial charge in [0.15, 0.2) is 0 Å². The maximum atomic E-state index is 13.9. The monoisotopic (exact) mass is 820 g/mol. The molecule has 0 spiro atoms. The molecule has 6 aromatic carbocycles. The zero-order chi connectivity index (χ0) is 37.6. The smallest absolute Gasteiger partial charge is 0.222 e. The van der Waals surface area contributed by atoms with Crippen molar-refractivity contribution in [1.29, 1.82) is 0 Å². The van der Waals surface area contributed by atoms with Crippen LogP contribution in [-0.2, 0) is 13.2 Å². The lowest BCUT2D eigenvalue weighted by atomic mass is 9.99. The van der Waals surface area contributed by atoms with Gasteiger partial charge >= 0.3 is 0 Å². The number of rotatable bonds is 7. The van der Waals surface area contributed by atoms with E-state index < -0.39 is 11.6 Å². The highest BCUT2D eigenvalue weighted by atomic mass is 79.9. The molecule has 0 atom stereocenters. The van der Waals surface area contributed by atoms with Crippen LogP contribution in [0.2, 0.25) is 0 Å². The molecule has 0 radical (unpaired) electrons. The summed E-state index contributed by atoms with van der Waals surface area (Å²) in [6, 6.07) is 37.4. The summed E-state index contributed by atoms with van der Waals surface area (Å²) in [6.07, 6.45) is 0. The van der Waals surface area contributed by atoms with E-state index in [0.717, 1.165) is 54.9 Å². The Morgan fingerprint density at radius 1 is 0.500 bits per heavy atom. The first-order valence-electron chi connectivity index (χ1n) is 16.2. The number of benzene rings is 6. The Balaban J connectivity index is 0.000000193. The van der Waals surface area contributed by atoms with E-state index >= 15 is 0 Å². The van der Waals surface area contributed by atoms with Gasteiger partial charge in [0.1, 0.15) is 36.3 Å². The van der Waals surface area contributed by atoms with Gasteiger partial charge in [-0.15, -0.1) is 0 Å². The highest BCUT2D eigenvalue weighted by molar-refractivity contribution is 9.10. The highest BCUT2D eigenvalue weighted by Gasteiger charge is 2.11. The van der Waals surface area contributed by atoms with E-state index in [1.807, 2.05) is 74.5 Å². The molecule has 52 heavy (non-hydrogen) atoms. The zero-order valence-electron chi connectivity index (χ0n) is 29.2. The fraction of sp³-hybridized carbons (Fsp3) is 0.136. The van der Waals surface area contributed by atoms with Crippen LogP contribution >= 0.6 is 31.9 Å². The molecule has 0 aromatic heterocycles. The van der Waals surface area contributed by atoms with Gasteiger partial charge in [0.05, 0.1) is 13.1 Å². The molecule has 0 heterocycles. The maximum Gasteiger partial charge on any atom is 0.222 e. The molecule has 0 bridgehead atoms. The Bertz CT molecular complexity index is 2170. The maximum absolute atomic E-state index is 13.9. The normalized spacial score (nSPS) is 10.0. The summed E-state index contributed by atoms with van der Waals surface area (Å²) in [4.78, 5) is 6.13. The molecular formula is C44H36Br2F2N2O2. The van der Waals surface area contributed by atoms with Gasteiger partial charge in [-0.2, -0.15) is 0 Å². The van der Waals surface area contributed by atoms with Gasteiger partial charge in [0, 0.05) is 8.95 Å². The minimum Gasteiger partial charge on any atom is -0.488 e. The summed E-state index contributed by atoms with van der Waals surface area (Å²) in [5, 5.41) is 0. The third-order valence-corrected chi connectivity index (χ3v) is 8.72. The van der Waals surface area contributed by atoms with E-state index in [1.54, 1.807) is 12.1 Å². The average Bonchev–Trinajstić information content (AvgIpc) is 3.12. The third kappa shape index (κ3) is 11.4. The van der Waals surface area contributed by atoms with E-state index in [2.05, 4.69) is 79.7 Å². The lowest BCUT2D eigenvalue weighted by molar-refractivity contribution is 0.302. The topological polar surface area (TPSA) is 27.2 Å². The van der Waals surface area contributed by atoms with E-state index in [-0.39, 0.29) is 11.4 Å². The third-order valence-electron chi connectivity index (χ3n) is 7.77. The van der Waals surface area contributed by atoms with E-state index in [1.165, 1.54) is 29.8 Å². The number of hydrogen-bond donors (Lipinski definition) is 0. The van der Waals surface area contributed by atoms with Crippen molar-refractivity contribution in [3.05, 3.63) is 198 Å². The minimum atomic E-state index is -0.493. The number of hydrogen-bond acceptors (Lipinski definition) is 2. The summed E-state index contributed by atoms with van der Waals surface area (Å²) in [7, 11) is 0. The van der Waals surface area contributed by atoms with Crippen LogP contribution in [0.4, 0.5) is 20.2 Å². The summed E-state index contributed by atoms with van der Waals surface area (Å²) in [5.74, 6) is 0.861. The summed E-state index contributed by atoms with van der Waals surface area (Å²) in [5.41, 5.74) is 8.39. The zero-order valence-corrected chi connectivity index (χ0v) is 32.4. The first kappa shape index (κ1) is 39.5. The number of nitrogens with zero attached hydrogens (tertiary/aromatic N) is 2. The number of halogens is 4. The van der Waals surface area contributed by atoms with Gasteiger partial charge in [0.2, 0.25) is 11.4 Å². The quantitative estimate of drug-likeness (QED) is 0.150. The Hall–Kier alpha value is -5.28. The Morgan fingerprint density at radius 2 is 0.923 bits per heavy atom. The molecule has 0 aliphatic carbocycles. The van der Waals surface area contributed by atoms with Crippen LogP contribution in [0.15, 0.2) is 130 Å². The molecule has 8 heteroatoms. The van der Waals surface area contributed by atoms with Crippen molar-refractivity contribution in [2.75, 3.05) is 0 Å². The fourth-order valence-electron chi connectivity index (χ4n) is 5.28. The van der Waals surface area contributed by atoms with E-state index in [9.17, 15) is 8.78 Å². The lowest BCUT2D eigenvalue weighted by Crippen LogP contribution is -1.99. The van der Waals surface area contributed by atoms with Gasteiger partial charge in [-0.05, 0) is 109 Å². The molecule has 0 N–H and O–H groups in total. The van der Waals surface area contributed by atoms with Crippen LogP contribution in [0.25, 0.3) is 20.8 Å². The van der Waals surface area contributed by atoms with Crippen molar-refractivity contribution < 1.29 is 18.3 Å². The lowest BCUT2D eigenvalue weighted by Gasteiger charge is -2.14. The van der Waals surface area contributed by atoms with Crippen molar-refractivity contribution >= 4 is 43.2 Å². The molecule has 6 rings (SSSR count). The largest absolute Gasteiger partial charge is 0.488 e. The van der Waals surface area contributed by atoms with Crippen molar-refractivity contribution in [1.82, 2.24) is 0 Å². The van der Waals surface area contributed by atoms with Crippen LogP contribution in [0.3, 0.4) is 0 Å².